The van der Waals surface area contributed by atoms with Gasteiger partial charge in [-0.2, -0.15) is 0 Å². The molecule has 0 heterocycles. The van der Waals surface area contributed by atoms with Crippen molar-refractivity contribution in [2.75, 3.05) is 0 Å². The predicted octanol–water partition coefficient (Wildman–Crippen LogP) is 7.32. The molecule has 0 nitrogen and oxygen atoms in total. The summed E-state index contributed by atoms with van der Waals surface area (Å²) in [7, 11) is 0. The zero-order chi connectivity index (χ0) is 18.2. The normalized spacial score (nSPS) is 10.8. The molecule has 134 valence electrons. The Morgan fingerprint density at radius 1 is 0.500 bits per heavy atom. The Hall–Kier alpha value is -2.34. The molecule has 0 heteroatoms. The van der Waals surface area contributed by atoms with Crippen LogP contribution in [-0.2, 0) is 12.8 Å². The first kappa shape index (κ1) is 18.5. The third-order valence-electron chi connectivity index (χ3n) is 5.01. The van der Waals surface area contributed by atoms with E-state index in [4.69, 9.17) is 0 Å². The van der Waals surface area contributed by atoms with Crippen molar-refractivity contribution in [1.82, 2.24) is 0 Å². The van der Waals surface area contributed by atoms with Gasteiger partial charge in [-0.25, -0.2) is 0 Å². The van der Waals surface area contributed by atoms with Gasteiger partial charge >= 0.3 is 0 Å². The van der Waals surface area contributed by atoms with E-state index in [0.29, 0.717) is 0 Å². The first-order valence-electron chi connectivity index (χ1n) is 9.92. The first-order chi connectivity index (χ1) is 12.7. The summed E-state index contributed by atoms with van der Waals surface area (Å²) in [5.41, 5.74) is 8.29. The van der Waals surface area contributed by atoms with Gasteiger partial charge in [0, 0.05) is 0 Å². The van der Waals surface area contributed by atoms with E-state index in [1.807, 2.05) is 0 Å². The van der Waals surface area contributed by atoms with Gasteiger partial charge in [0.2, 0.25) is 0 Å². The molecule has 3 aromatic rings. The lowest BCUT2D eigenvalue weighted by atomic mass is 9.97. The van der Waals surface area contributed by atoms with Crippen LogP contribution in [0.2, 0.25) is 0 Å². The highest BCUT2D eigenvalue weighted by molar-refractivity contribution is 5.65. The van der Waals surface area contributed by atoms with Crippen molar-refractivity contribution >= 4 is 0 Å². The minimum Gasteiger partial charge on any atom is -0.0622 e. The Balaban J connectivity index is 1.47. The fraction of sp³-hybridized carbons (Fsp3) is 0.308. The van der Waals surface area contributed by atoms with E-state index in [9.17, 15) is 0 Å². The maximum Gasteiger partial charge on any atom is -0.0179 e. The third kappa shape index (κ3) is 5.59. The minimum atomic E-state index is 1.18. The molecular weight excluding hydrogens is 312 g/mol. The van der Waals surface area contributed by atoms with Gasteiger partial charge in [-0.15, -0.1) is 0 Å². The van der Waals surface area contributed by atoms with Gasteiger partial charge in [0.05, 0.1) is 0 Å². The van der Waals surface area contributed by atoms with Crippen LogP contribution < -0.4 is 0 Å². The van der Waals surface area contributed by atoms with E-state index in [2.05, 4.69) is 86.6 Å². The monoisotopic (exact) mass is 342 g/mol. The molecule has 0 aliphatic rings. The van der Waals surface area contributed by atoms with Crippen molar-refractivity contribution in [3.05, 3.63) is 95.1 Å². The van der Waals surface area contributed by atoms with E-state index in [-0.39, 0.29) is 0 Å². The van der Waals surface area contributed by atoms with Crippen LogP contribution in [0.3, 0.4) is 0 Å². The largest absolute Gasteiger partial charge is 0.0622 e. The maximum atomic E-state index is 2.37. The molecule has 0 saturated heterocycles. The molecule has 0 fully saturated rings. The molecule has 3 rings (SSSR count). The Labute approximate surface area is 158 Å². The molecule has 0 aliphatic heterocycles. The summed E-state index contributed by atoms with van der Waals surface area (Å²) >= 11 is 0. The van der Waals surface area contributed by atoms with Crippen LogP contribution in [0.15, 0.2) is 72.8 Å². The van der Waals surface area contributed by atoms with E-state index in [1.165, 1.54) is 71.9 Å². The fourth-order valence-electron chi connectivity index (χ4n) is 3.70. The van der Waals surface area contributed by atoms with Crippen molar-refractivity contribution in [3.63, 3.8) is 0 Å². The first-order valence-corrected chi connectivity index (χ1v) is 9.92. The van der Waals surface area contributed by atoms with Crippen LogP contribution in [0.1, 0.15) is 47.9 Å². The van der Waals surface area contributed by atoms with Gasteiger partial charge in [-0.3, -0.25) is 0 Å². The molecule has 3 aromatic carbocycles. The maximum absolute atomic E-state index is 2.37. The van der Waals surface area contributed by atoms with Gasteiger partial charge in [-0.05, 0) is 61.8 Å². The van der Waals surface area contributed by atoms with Crippen LogP contribution in [0.25, 0.3) is 11.1 Å². The van der Waals surface area contributed by atoms with Gasteiger partial charge in [-0.1, -0.05) is 96.8 Å². The summed E-state index contributed by atoms with van der Waals surface area (Å²) in [5, 5.41) is 0. The molecule has 26 heavy (non-hydrogen) atoms. The van der Waals surface area contributed by atoms with Crippen LogP contribution in [0.4, 0.5) is 0 Å². The molecule has 0 N–H and O–H groups in total. The lowest BCUT2D eigenvalue weighted by molar-refractivity contribution is 0.640. The molecule has 0 atom stereocenters. The highest BCUT2D eigenvalue weighted by atomic mass is 14.1. The Morgan fingerprint density at radius 3 is 1.81 bits per heavy atom. The van der Waals surface area contributed by atoms with E-state index in [1.54, 1.807) is 0 Å². The number of benzene rings is 3. The fourth-order valence-corrected chi connectivity index (χ4v) is 3.70. The topological polar surface area (TPSA) is 0 Å². The minimum absolute atomic E-state index is 1.18. The Bertz CT molecular complexity index is 794. The summed E-state index contributed by atoms with van der Waals surface area (Å²) in [6.45, 7) is 4.35. The highest BCUT2D eigenvalue weighted by Gasteiger charge is 2.02. The van der Waals surface area contributed by atoms with Gasteiger partial charge < -0.3 is 0 Å². The summed E-state index contributed by atoms with van der Waals surface area (Å²) in [6, 6.07) is 26.7. The second-order valence-corrected chi connectivity index (χ2v) is 7.48. The molecule has 0 bridgehead atoms. The molecule has 0 unspecified atom stereocenters. The van der Waals surface area contributed by atoms with Crippen LogP contribution in [0, 0.1) is 13.8 Å². The van der Waals surface area contributed by atoms with Crippen molar-refractivity contribution < 1.29 is 0 Å². The van der Waals surface area contributed by atoms with Gasteiger partial charge in [0.15, 0.2) is 0 Å². The molecule has 0 saturated carbocycles. The van der Waals surface area contributed by atoms with Crippen LogP contribution in [-0.4, -0.2) is 0 Å². The van der Waals surface area contributed by atoms with Crippen LogP contribution >= 0.6 is 0 Å². The van der Waals surface area contributed by atoms with Gasteiger partial charge in [0.25, 0.3) is 0 Å². The average molecular weight is 343 g/mol. The lowest BCUT2D eigenvalue weighted by Gasteiger charge is -2.08. The molecule has 0 aromatic heterocycles. The number of aryl methyl sites for hydroxylation is 4. The number of hydrogen-bond donors (Lipinski definition) is 0. The number of unbranched alkanes of at least 4 members (excludes halogenated alkanes) is 3. The lowest BCUT2D eigenvalue weighted by Crippen LogP contribution is -1.90. The standard InChI is InChI=1S/C26H30/c1-21-17-22(2)19-26(18-21)25-16-10-15-24(20-25)14-7-4-3-6-11-23-12-8-5-9-13-23/h5,8-10,12-13,15-20H,3-4,6-7,11,14H2,1-2H3. The summed E-state index contributed by atoms with van der Waals surface area (Å²) in [5.74, 6) is 0. The zero-order valence-corrected chi connectivity index (χ0v) is 16.2. The second-order valence-electron chi connectivity index (χ2n) is 7.48. The Morgan fingerprint density at radius 2 is 1.12 bits per heavy atom. The van der Waals surface area contributed by atoms with E-state index in [0.717, 1.165) is 0 Å². The summed E-state index contributed by atoms with van der Waals surface area (Å²) in [4.78, 5) is 0. The van der Waals surface area contributed by atoms with Gasteiger partial charge in [0.1, 0.15) is 0 Å². The van der Waals surface area contributed by atoms with Crippen molar-refractivity contribution in [1.29, 1.82) is 0 Å². The summed E-state index contributed by atoms with van der Waals surface area (Å²) < 4.78 is 0. The predicted molar refractivity (Wildman–Crippen MR) is 114 cm³/mol. The highest BCUT2D eigenvalue weighted by Crippen LogP contribution is 2.24. The second kappa shape index (κ2) is 9.38. The molecule has 0 radical (unpaired) electrons. The smallest absolute Gasteiger partial charge is 0.0179 e. The Kier molecular flexibility index (Phi) is 6.66. The molecule has 0 aliphatic carbocycles. The average Bonchev–Trinajstić information content (AvgIpc) is 2.65. The third-order valence-corrected chi connectivity index (χ3v) is 5.01. The van der Waals surface area contributed by atoms with Crippen molar-refractivity contribution in [2.45, 2.75) is 52.4 Å². The quantitative estimate of drug-likeness (QED) is 0.376. The SMILES string of the molecule is Cc1cc(C)cc(-c2cccc(CCCCCCc3ccccc3)c2)c1. The summed E-state index contributed by atoms with van der Waals surface area (Å²) in [6.07, 6.45) is 7.62. The van der Waals surface area contributed by atoms with E-state index < -0.39 is 0 Å². The van der Waals surface area contributed by atoms with E-state index >= 15 is 0 Å². The molecule has 0 spiro atoms. The van der Waals surface area contributed by atoms with Crippen molar-refractivity contribution in [3.8, 4) is 11.1 Å². The number of rotatable bonds is 8. The van der Waals surface area contributed by atoms with Crippen molar-refractivity contribution in [2.24, 2.45) is 0 Å². The molecule has 0 amide bonds. The molecular formula is C26H30. The number of hydrogen-bond acceptors (Lipinski definition) is 0. The zero-order valence-electron chi connectivity index (χ0n) is 16.2. The van der Waals surface area contributed by atoms with Crippen LogP contribution in [0.5, 0.6) is 0 Å².